The molecule has 0 bridgehead atoms. The molecule has 0 aliphatic carbocycles. The van der Waals surface area contributed by atoms with E-state index in [1.807, 2.05) is 12.1 Å². The Hall–Kier alpha value is -3.11. The number of benzene rings is 2. The summed E-state index contributed by atoms with van der Waals surface area (Å²) in [6.07, 6.45) is -0.771. The van der Waals surface area contributed by atoms with E-state index < -0.39 is 34.0 Å². The van der Waals surface area contributed by atoms with Crippen LogP contribution >= 0.6 is 11.6 Å². The van der Waals surface area contributed by atoms with Crippen LogP contribution in [0.25, 0.3) is 0 Å². The highest BCUT2D eigenvalue weighted by molar-refractivity contribution is 7.93. The molecule has 9 nitrogen and oxygen atoms in total. The van der Waals surface area contributed by atoms with E-state index in [1.165, 1.54) is 23.4 Å². The van der Waals surface area contributed by atoms with Gasteiger partial charge < -0.3 is 10.5 Å². The first-order chi connectivity index (χ1) is 14.1. The van der Waals surface area contributed by atoms with Gasteiger partial charge in [0.1, 0.15) is 4.90 Å². The van der Waals surface area contributed by atoms with Gasteiger partial charge in [-0.1, -0.05) is 29.8 Å². The Labute approximate surface area is 177 Å². The Morgan fingerprint density at radius 1 is 1.20 bits per heavy atom. The molecular formula is C19H18ClN3O6S. The van der Waals surface area contributed by atoms with Crippen LogP contribution in [0.15, 0.2) is 47.4 Å². The van der Waals surface area contributed by atoms with E-state index in [0.717, 1.165) is 11.6 Å². The molecule has 1 heterocycles. The number of hydrogen-bond donors (Lipinski definition) is 2. The van der Waals surface area contributed by atoms with Crippen molar-refractivity contribution in [2.75, 3.05) is 10.8 Å². The maximum absolute atomic E-state index is 13.2. The number of primary amides is 1. The van der Waals surface area contributed by atoms with Crippen LogP contribution in [0.1, 0.15) is 22.8 Å². The summed E-state index contributed by atoms with van der Waals surface area (Å²) in [7, 11) is -4.05. The highest BCUT2D eigenvalue weighted by atomic mass is 35.5. The second-order valence-corrected chi connectivity index (χ2v) is 8.74. The van der Waals surface area contributed by atoms with Crippen molar-refractivity contribution in [2.24, 2.45) is 5.73 Å². The second kappa shape index (κ2) is 8.33. The summed E-state index contributed by atoms with van der Waals surface area (Å²) in [6, 6.07) is 9.66. The fourth-order valence-corrected chi connectivity index (χ4v) is 5.02. The number of imide groups is 1. The van der Waals surface area contributed by atoms with Crippen molar-refractivity contribution in [3.05, 3.63) is 58.6 Å². The number of halogens is 1. The van der Waals surface area contributed by atoms with Gasteiger partial charge >= 0.3 is 12.0 Å². The van der Waals surface area contributed by atoms with Gasteiger partial charge in [0.05, 0.1) is 16.3 Å². The van der Waals surface area contributed by atoms with Crippen LogP contribution in [0.5, 0.6) is 0 Å². The van der Waals surface area contributed by atoms with Gasteiger partial charge in [-0.05, 0) is 43.2 Å². The Balaban J connectivity index is 1.88. The predicted molar refractivity (Wildman–Crippen MR) is 109 cm³/mol. The fourth-order valence-electron chi connectivity index (χ4n) is 3.01. The molecule has 30 heavy (non-hydrogen) atoms. The lowest BCUT2D eigenvalue weighted by Crippen LogP contribution is -2.42. The number of carbonyl (C=O) groups is 3. The number of rotatable bonds is 5. The number of sulfonamides is 1. The molecule has 3 amide bonds. The van der Waals surface area contributed by atoms with Gasteiger partial charge in [-0.15, -0.1) is 0 Å². The number of nitrogens with two attached hydrogens (primary N) is 1. The zero-order valence-electron chi connectivity index (χ0n) is 15.8. The summed E-state index contributed by atoms with van der Waals surface area (Å²) in [5.74, 6) is -1.87. The van der Waals surface area contributed by atoms with Gasteiger partial charge in [0, 0.05) is 6.54 Å². The Morgan fingerprint density at radius 2 is 1.90 bits per heavy atom. The first kappa shape index (κ1) is 21.6. The van der Waals surface area contributed by atoms with Crippen LogP contribution in [0.4, 0.5) is 10.5 Å². The SMILES string of the molecule is C[C@@H](OC(=O)c1ccc(Cl)c(S(=O)(=O)N2CCc3ccccc32)c1)C(=O)NC(N)=O. The number of amides is 3. The molecule has 158 valence electrons. The first-order valence-electron chi connectivity index (χ1n) is 8.82. The number of fused-ring (bicyclic) bond motifs is 1. The van der Waals surface area contributed by atoms with Crippen LogP contribution in [-0.4, -0.2) is 39.0 Å². The summed E-state index contributed by atoms with van der Waals surface area (Å²) < 4.78 is 32.7. The summed E-state index contributed by atoms with van der Waals surface area (Å²) in [5, 5.41) is 1.73. The van der Waals surface area contributed by atoms with Crippen LogP contribution in [0, 0.1) is 0 Å². The number of nitrogens with one attached hydrogen (secondary N) is 1. The predicted octanol–water partition coefficient (Wildman–Crippen LogP) is 1.83. The van der Waals surface area contributed by atoms with Gasteiger partial charge in [-0.25, -0.2) is 18.0 Å². The number of urea groups is 1. The monoisotopic (exact) mass is 451 g/mol. The van der Waals surface area contributed by atoms with Crippen molar-refractivity contribution in [3.63, 3.8) is 0 Å². The number of ether oxygens (including phenoxy) is 1. The van der Waals surface area contributed by atoms with Crippen LogP contribution in [-0.2, 0) is 26.0 Å². The van der Waals surface area contributed by atoms with Crippen molar-refractivity contribution in [1.82, 2.24) is 5.32 Å². The topological polar surface area (TPSA) is 136 Å². The third kappa shape index (κ3) is 4.24. The normalized spacial score (nSPS) is 14.0. The fraction of sp³-hybridized carbons (Fsp3) is 0.211. The molecule has 0 saturated heterocycles. The lowest BCUT2D eigenvalue weighted by molar-refractivity contribution is -0.127. The molecule has 0 spiro atoms. The standard InChI is InChI=1S/C19H18ClN3O6S/c1-11(17(24)22-19(21)26)29-18(25)13-6-7-14(20)16(10-13)30(27,28)23-9-8-12-4-2-3-5-15(12)23/h2-7,10-11H,8-9H2,1H3,(H3,21,22,24,26)/t11-/m1/s1. The van der Waals surface area contributed by atoms with Crippen LogP contribution in [0.2, 0.25) is 5.02 Å². The average Bonchev–Trinajstić information content (AvgIpc) is 3.12. The lowest BCUT2D eigenvalue weighted by Gasteiger charge is -2.20. The van der Waals surface area contributed by atoms with E-state index in [1.54, 1.807) is 17.4 Å². The maximum atomic E-state index is 13.2. The van der Waals surface area contributed by atoms with Gasteiger partial charge in [0.25, 0.3) is 15.9 Å². The molecule has 1 atom stereocenters. The van der Waals surface area contributed by atoms with E-state index >= 15 is 0 Å². The number of nitrogens with zero attached hydrogens (tertiary/aromatic N) is 1. The lowest BCUT2D eigenvalue weighted by atomic mass is 10.2. The molecule has 2 aromatic carbocycles. The highest BCUT2D eigenvalue weighted by Gasteiger charge is 2.33. The van der Waals surface area contributed by atoms with E-state index in [-0.39, 0.29) is 22.0 Å². The third-order valence-corrected chi connectivity index (χ3v) is 6.77. The molecule has 0 fully saturated rings. The van der Waals surface area contributed by atoms with E-state index in [9.17, 15) is 22.8 Å². The summed E-state index contributed by atoms with van der Waals surface area (Å²) in [5.41, 5.74) is 6.18. The zero-order chi connectivity index (χ0) is 22.1. The smallest absolute Gasteiger partial charge is 0.338 e. The largest absolute Gasteiger partial charge is 0.449 e. The van der Waals surface area contributed by atoms with Crippen LogP contribution < -0.4 is 15.4 Å². The van der Waals surface area contributed by atoms with Crippen molar-refractivity contribution in [3.8, 4) is 0 Å². The van der Waals surface area contributed by atoms with Gasteiger partial charge in [0.2, 0.25) is 0 Å². The number of hydrogen-bond acceptors (Lipinski definition) is 6. The molecule has 0 saturated carbocycles. The van der Waals surface area contributed by atoms with Gasteiger partial charge in [-0.3, -0.25) is 14.4 Å². The van der Waals surface area contributed by atoms with Crippen LogP contribution in [0.3, 0.4) is 0 Å². The third-order valence-electron chi connectivity index (χ3n) is 4.48. The molecule has 0 aromatic heterocycles. The summed E-state index contributed by atoms with van der Waals surface area (Å²) in [6.45, 7) is 1.49. The quantitative estimate of drug-likeness (QED) is 0.665. The van der Waals surface area contributed by atoms with Gasteiger partial charge in [0.15, 0.2) is 6.10 Å². The second-order valence-electron chi connectivity index (χ2n) is 6.50. The first-order valence-corrected chi connectivity index (χ1v) is 10.6. The Morgan fingerprint density at radius 3 is 2.60 bits per heavy atom. The van der Waals surface area contributed by atoms with E-state index in [4.69, 9.17) is 22.1 Å². The van der Waals surface area contributed by atoms with Crippen molar-refractivity contribution in [2.45, 2.75) is 24.3 Å². The Bertz CT molecular complexity index is 1130. The number of anilines is 1. The molecule has 0 unspecified atom stereocenters. The molecule has 2 aromatic rings. The molecule has 11 heteroatoms. The number of carbonyl (C=O) groups excluding carboxylic acids is 3. The average molecular weight is 452 g/mol. The highest BCUT2D eigenvalue weighted by Crippen LogP contribution is 2.35. The Kier molecular flexibility index (Phi) is 5.99. The minimum Gasteiger partial charge on any atom is -0.449 e. The van der Waals surface area contributed by atoms with Gasteiger partial charge in [-0.2, -0.15) is 0 Å². The maximum Gasteiger partial charge on any atom is 0.338 e. The molecular weight excluding hydrogens is 434 g/mol. The summed E-state index contributed by atoms with van der Waals surface area (Å²) >= 11 is 6.13. The molecule has 1 aliphatic heterocycles. The van der Waals surface area contributed by atoms with E-state index in [2.05, 4.69) is 0 Å². The molecule has 1 aliphatic rings. The summed E-state index contributed by atoms with van der Waals surface area (Å²) in [4.78, 5) is 34.5. The zero-order valence-corrected chi connectivity index (χ0v) is 17.4. The van der Waals surface area contributed by atoms with Crippen molar-refractivity contribution >= 4 is 45.2 Å². The molecule has 0 radical (unpaired) electrons. The van der Waals surface area contributed by atoms with Crippen molar-refractivity contribution in [1.29, 1.82) is 0 Å². The number of para-hydroxylation sites is 1. The van der Waals surface area contributed by atoms with E-state index in [0.29, 0.717) is 12.1 Å². The molecule has 3 rings (SSSR count). The molecule has 3 N–H and O–H groups in total. The number of esters is 1. The van der Waals surface area contributed by atoms with Crippen molar-refractivity contribution < 1.29 is 27.5 Å². The minimum atomic E-state index is -4.05. The minimum absolute atomic E-state index is 0.0598.